The minimum Gasteiger partial charge on any atom is -0.352 e. The van der Waals surface area contributed by atoms with E-state index in [1.165, 1.54) is 0 Å². The van der Waals surface area contributed by atoms with Crippen LogP contribution in [0.15, 0.2) is 18.2 Å². The fourth-order valence-electron chi connectivity index (χ4n) is 1.43. The first-order valence-electron chi connectivity index (χ1n) is 5.60. The maximum atomic E-state index is 11.9. The lowest BCUT2D eigenvalue weighted by atomic mass is 10.0. The summed E-state index contributed by atoms with van der Waals surface area (Å²) in [4.78, 5) is 11.9. The molecule has 0 bridgehead atoms. The zero-order chi connectivity index (χ0) is 12.1. The fourth-order valence-corrected chi connectivity index (χ4v) is 1.43. The van der Waals surface area contributed by atoms with Gasteiger partial charge < -0.3 is 11.1 Å². The van der Waals surface area contributed by atoms with E-state index in [9.17, 15) is 4.79 Å². The van der Waals surface area contributed by atoms with Crippen molar-refractivity contribution in [2.75, 3.05) is 13.1 Å². The Hall–Kier alpha value is -1.35. The van der Waals surface area contributed by atoms with Gasteiger partial charge in [0.1, 0.15) is 0 Å². The van der Waals surface area contributed by atoms with E-state index in [4.69, 9.17) is 5.73 Å². The maximum absolute atomic E-state index is 11.9. The number of hydrogen-bond acceptors (Lipinski definition) is 2. The topological polar surface area (TPSA) is 55.1 Å². The molecule has 0 radical (unpaired) electrons. The first-order valence-corrected chi connectivity index (χ1v) is 5.60. The van der Waals surface area contributed by atoms with Gasteiger partial charge >= 0.3 is 0 Å². The van der Waals surface area contributed by atoms with Gasteiger partial charge in [0, 0.05) is 12.1 Å². The zero-order valence-electron chi connectivity index (χ0n) is 10.2. The summed E-state index contributed by atoms with van der Waals surface area (Å²) in [6, 6.07) is 5.89. The molecule has 1 aromatic carbocycles. The highest BCUT2D eigenvalue weighted by atomic mass is 16.1. The Bertz CT molecular complexity index is 374. The number of carbonyl (C=O) groups is 1. The maximum Gasteiger partial charge on any atom is 0.251 e. The Morgan fingerprint density at radius 2 is 2.12 bits per heavy atom. The van der Waals surface area contributed by atoms with E-state index >= 15 is 0 Å². The fraction of sp³-hybridized carbons (Fsp3) is 0.462. The summed E-state index contributed by atoms with van der Waals surface area (Å²) < 4.78 is 0. The third-order valence-electron chi connectivity index (χ3n) is 2.65. The summed E-state index contributed by atoms with van der Waals surface area (Å²) in [6.45, 7) is 7.17. The normalized spacial score (nSPS) is 12.2. The molecular weight excluding hydrogens is 200 g/mol. The molecule has 0 heterocycles. The molecule has 0 aromatic heterocycles. The van der Waals surface area contributed by atoms with Crippen LogP contribution in [0.4, 0.5) is 0 Å². The van der Waals surface area contributed by atoms with Crippen molar-refractivity contribution in [2.45, 2.75) is 20.8 Å². The SMILES string of the molecule is Cc1ccc(C)c(C(=O)NCC(C)CN)c1. The number of aryl methyl sites for hydroxylation is 2. The summed E-state index contributed by atoms with van der Waals surface area (Å²) in [7, 11) is 0. The number of hydrogen-bond donors (Lipinski definition) is 2. The summed E-state index contributed by atoms with van der Waals surface area (Å²) in [6.07, 6.45) is 0. The van der Waals surface area contributed by atoms with Crippen LogP contribution in [0, 0.1) is 19.8 Å². The lowest BCUT2D eigenvalue weighted by Gasteiger charge is -2.11. The van der Waals surface area contributed by atoms with Gasteiger partial charge in [-0.25, -0.2) is 0 Å². The molecule has 3 N–H and O–H groups in total. The standard InChI is InChI=1S/C13H20N2O/c1-9-4-5-11(3)12(6-9)13(16)15-8-10(2)7-14/h4-6,10H,7-8,14H2,1-3H3,(H,15,16). The van der Waals surface area contributed by atoms with Gasteiger partial charge in [0.15, 0.2) is 0 Å². The van der Waals surface area contributed by atoms with Gasteiger partial charge in [0.05, 0.1) is 0 Å². The molecule has 0 fully saturated rings. The Morgan fingerprint density at radius 1 is 1.44 bits per heavy atom. The minimum atomic E-state index is -0.0125. The van der Waals surface area contributed by atoms with Gasteiger partial charge in [-0.1, -0.05) is 24.6 Å². The van der Waals surface area contributed by atoms with Crippen molar-refractivity contribution < 1.29 is 4.79 Å². The highest BCUT2D eigenvalue weighted by Crippen LogP contribution is 2.10. The third kappa shape index (κ3) is 3.35. The predicted octanol–water partition coefficient (Wildman–Crippen LogP) is 1.63. The van der Waals surface area contributed by atoms with Crippen LogP contribution in [0.25, 0.3) is 0 Å². The molecule has 1 amide bonds. The lowest BCUT2D eigenvalue weighted by molar-refractivity contribution is 0.0948. The Kier molecular flexibility index (Phi) is 4.50. The number of nitrogens with two attached hydrogens (primary N) is 1. The highest BCUT2D eigenvalue weighted by molar-refractivity contribution is 5.95. The molecule has 0 aliphatic carbocycles. The molecule has 1 atom stereocenters. The van der Waals surface area contributed by atoms with Crippen LogP contribution in [-0.4, -0.2) is 19.0 Å². The van der Waals surface area contributed by atoms with Crippen LogP contribution < -0.4 is 11.1 Å². The molecule has 0 saturated carbocycles. The van der Waals surface area contributed by atoms with E-state index in [1.807, 2.05) is 39.0 Å². The molecule has 1 unspecified atom stereocenters. The Balaban J connectivity index is 2.69. The van der Waals surface area contributed by atoms with E-state index in [2.05, 4.69) is 5.32 Å². The Labute approximate surface area is 97.0 Å². The average Bonchev–Trinajstić information content (AvgIpc) is 2.28. The highest BCUT2D eigenvalue weighted by Gasteiger charge is 2.09. The molecule has 3 nitrogen and oxygen atoms in total. The van der Waals surface area contributed by atoms with Crippen LogP contribution in [0.5, 0.6) is 0 Å². The molecule has 3 heteroatoms. The van der Waals surface area contributed by atoms with Crippen molar-refractivity contribution in [3.05, 3.63) is 34.9 Å². The van der Waals surface area contributed by atoms with E-state index < -0.39 is 0 Å². The van der Waals surface area contributed by atoms with Gasteiger partial charge in [-0.2, -0.15) is 0 Å². The number of carbonyl (C=O) groups excluding carboxylic acids is 1. The molecule has 1 aromatic rings. The average molecular weight is 220 g/mol. The molecule has 88 valence electrons. The van der Waals surface area contributed by atoms with Crippen molar-refractivity contribution in [3.8, 4) is 0 Å². The van der Waals surface area contributed by atoms with Crippen molar-refractivity contribution in [2.24, 2.45) is 11.7 Å². The van der Waals surface area contributed by atoms with E-state index in [-0.39, 0.29) is 5.91 Å². The molecule has 16 heavy (non-hydrogen) atoms. The van der Waals surface area contributed by atoms with Gasteiger partial charge in [-0.15, -0.1) is 0 Å². The van der Waals surface area contributed by atoms with Crippen LogP contribution in [0.1, 0.15) is 28.4 Å². The zero-order valence-corrected chi connectivity index (χ0v) is 10.2. The van der Waals surface area contributed by atoms with E-state index in [1.54, 1.807) is 0 Å². The summed E-state index contributed by atoms with van der Waals surface area (Å²) >= 11 is 0. The second-order valence-corrected chi connectivity index (χ2v) is 4.37. The smallest absolute Gasteiger partial charge is 0.251 e. The van der Waals surface area contributed by atoms with E-state index in [0.29, 0.717) is 19.0 Å². The molecule has 1 rings (SSSR count). The summed E-state index contributed by atoms with van der Waals surface area (Å²) in [5.74, 6) is 0.301. The van der Waals surface area contributed by atoms with E-state index in [0.717, 1.165) is 16.7 Å². The first-order chi connectivity index (χ1) is 7.54. The number of nitrogens with one attached hydrogen (secondary N) is 1. The Morgan fingerprint density at radius 3 is 2.75 bits per heavy atom. The predicted molar refractivity (Wildman–Crippen MR) is 66.5 cm³/mol. The van der Waals surface area contributed by atoms with Crippen molar-refractivity contribution in [1.29, 1.82) is 0 Å². The van der Waals surface area contributed by atoms with Crippen LogP contribution in [0.3, 0.4) is 0 Å². The second kappa shape index (κ2) is 5.66. The van der Waals surface area contributed by atoms with Crippen LogP contribution >= 0.6 is 0 Å². The van der Waals surface area contributed by atoms with Crippen molar-refractivity contribution in [3.63, 3.8) is 0 Å². The second-order valence-electron chi connectivity index (χ2n) is 4.37. The molecule has 0 aliphatic heterocycles. The lowest BCUT2D eigenvalue weighted by Crippen LogP contribution is -2.31. The molecule has 0 spiro atoms. The van der Waals surface area contributed by atoms with Gasteiger partial charge in [-0.05, 0) is 37.9 Å². The monoisotopic (exact) mass is 220 g/mol. The van der Waals surface area contributed by atoms with Crippen molar-refractivity contribution >= 4 is 5.91 Å². The minimum absolute atomic E-state index is 0.0125. The largest absolute Gasteiger partial charge is 0.352 e. The number of amides is 1. The van der Waals surface area contributed by atoms with Crippen LogP contribution in [0.2, 0.25) is 0 Å². The van der Waals surface area contributed by atoms with Gasteiger partial charge in [0.2, 0.25) is 0 Å². The number of rotatable bonds is 4. The van der Waals surface area contributed by atoms with Gasteiger partial charge in [0.25, 0.3) is 5.91 Å². The number of benzene rings is 1. The molecule has 0 saturated heterocycles. The van der Waals surface area contributed by atoms with Crippen molar-refractivity contribution in [1.82, 2.24) is 5.32 Å². The molecule has 0 aliphatic rings. The van der Waals surface area contributed by atoms with Crippen LogP contribution in [-0.2, 0) is 0 Å². The first kappa shape index (κ1) is 12.7. The third-order valence-corrected chi connectivity index (χ3v) is 2.65. The summed E-state index contributed by atoms with van der Waals surface area (Å²) in [5, 5.41) is 2.90. The van der Waals surface area contributed by atoms with Gasteiger partial charge in [-0.3, -0.25) is 4.79 Å². The summed E-state index contributed by atoms with van der Waals surface area (Å²) in [5.41, 5.74) is 8.36. The quantitative estimate of drug-likeness (QED) is 0.810. The molecular formula is C13H20N2O.